The molecule has 0 bridgehead atoms. The van der Waals surface area contributed by atoms with Crippen molar-refractivity contribution >= 4 is 11.6 Å². The summed E-state index contributed by atoms with van der Waals surface area (Å²) < 4.78 is 20.4. The van der Waals surface area contributed by atoms with Crippen LogP contribution in [0.1, 0.15) is 61.0 Å². The number of rotatable bonds is 5. The summed E-state index contributed by atoms with van der Waals surface area (Å²) in [6.07, 6.45) is 0.0842. The minimum absolute atomic E-state index is 0.124. The Kier molecular flexibility index (Phi) is 6.53. The Morgan fingerprint density at radius 3 is 2.59 bits per heavy atom. The molecule has 2 N–H and O–H groups in total. The second-order valence-electron chi connectivity index (χ2n) is 7.59. The predicted molar refractivity (Wildman–Crippen MR) is 105 cm³/mol. The molecule has 0 saturated carbocycles. The highest BCUT2D eigenvalue weighted by Crippen LogP contribution is 2.34. The van der Waals surface area contributed by atoms with Gasteiger partial charge in [-0.1, -0.05) is 49.7 Å². The molecule has 3 nitrogen and oxygen atoms in total. The zero-order valence-corrected chi connectivity index (χ0v) is 16.4. The topological polar surface area (TPSA) is 49.7 Å². The van der Waals surface area contributed by atoms with Crippen LogP contribution in [0.25, 0.3) is 0 Å². The number of ether oxygens (including phenoxy) is 1. The third-order valence-electron chi connectivity index (χ3n) is 5.15. The number of halogens is 2. The van der Waals surface area contributed by atoms with Crippen molar-refractivity contribution in [3.05, 3.63) is 69.5 Å². The van der Waals surface area contributed by atoms with Crippen LogP contribution in [-0.2, 0) is 11.2 Å². The largest absolute Gasteiger partial charge is 0.394 e. The fourth-order valence-corrected chi connectivity index (χ4v) is 3.71. The first-order valence-corrected chi connectivity index (χ1v) is 9.76. The minimum atomic E-state index is -0.513. The van der Waals surface area contributed by atoms with Crippen molar-refractivity contribution in [1.82, 2.24) is 0 Å². The van der Waals surface area contributed by atoms with Gasteiger partial charge in [0.25, 0.3) is 0 Å². The van der Waals surface area contributed by atoms with Crippen LogP contribution in [-0.4, -0.2) is 29.0 Å². The van der Waals surface area contributed by atoms with E-state index in [1.54, 1.807) is 12.1 Å². The molecular formula is C22H26ClFO3. The van der Waals surface area contributed by atoms with E-state index >= 15 is 0 Å². The van der Waals surface area contributed by atoms with Crippen LogP contribution in [0, 0.1) is 5.82 Å². The lowest BCUT2D eigenvalue weighted by molar-refractivity contribution is -0.113. The maximum atomic E-state index is 14.5. The molecule has 1 aliphatic heterocycles. The van der Waals surface area contributed by atoms with Crippen LogP contribution in [0.4, 0.5) is 4.39 Å². The Labute approximate surface area is 164 Å². The Balaban J connectivity index is 1.84. The standard InChI is InChI=1S/C22H26ClFO3/c1-13(2)14-3-4-15(21(24)9-14)7-17-8-16(5-6-20(17)23)22-11-18(26)10-19(12-25)27-22/h3-6,8-9,13,18-19,22,25-26H,7,10-12H2,1-2H3/t18-,19?,22?/m0/s1. The predicted octanol–water partition coefficient (Wildman–Crippen LogP) is 4.77. The summed E-state index contributed by atoms with van der Waals surface area (Å²) in [7, 11) is 0. The van der Waals surface area contributed by atoms with Crippen LogP contribution in [0.15, 0.2) is 36.4 Å². The highest BCUT2D eigenvalue weighted by atomic mass is 35.5. The van der Waals surface area contributed by atoms with E-state index < -0.39 is 6.10 Å². The van der Waals surface area contributed by atoms with Gasteiger partial charge in [-0.2, -0.15) is 0 Å². The summed E-state index contributed by atoms with van der Waals surface area (Å²) in [6, 6.07) is 10.9. The smallest absolute Gasteiger partial charge is 0.127 e. The van der Waals surface area contributed by atoms with E-state index in [2.05, 4.69) is 0 Å². The fourth-order valence-electron chi connectivity index (χ4n) is 3.52. The Morgan fingerprint density at radius 2 is 1.93 bits per heavy atom. The van der Waals surface area contributed by atoms with E-state index in [0.29, 0.717) is 29.8 Å². The molecule has 0 aromatic heterocycles. The van der Waals surface area contributed by atoms with Crippen molar-refractivity contribution in [3.8, 4) is 0 Å². The lowest BCUT2D eigenvalue weighted by atomic mass is 9.93. The van der Waals surface area contributed by atoms with Crippen LogP contribution in [0.2, 0.25) is 5.02 Å². The van der Waals surface area contributed by atoms with Gasteiger partial charge in [0.1, 0.15) is 5.82 Å². The Bertz CT molecular complexity index is 793. The molecule has 146 valence electrons. The van der Waals surface area contributed by atoms with Crippen LogP contribution in [0.3, 0.4) is 0 Å². The molecule has 0 spiro atoms. The molecule has 0 aliphatic carbocycles. The minimum Gasteiger partial charge on any atom is -0.394 e. The molecule has 0 radical (unpaired) electrons. The summed E-state index contributed by atoms with van der Waals surface area (Å²) in [5.41, 5.74) is 3.26. The molecule has 2 aromatic rings. The molecule has 2 aromatic carbocycles. The SMILES string of the molecule is CC(C)c1ccc(Cc2cc(C3C[C@@H](O)CC(CO)O3)ccc2Cl)c(F)c1. The summed E-state index contributed by atoms with van der Waals surface area (Å²) in [5, 5.41) is 20.0. The second kappa shape index (κ2) is 8.70. The van der Waals surface area contributed by atoms with Gasteiger partial charge in [-0.05, 0) is 40.3 Å². The maximum Gasteiger partial charge on any atom is 0.127 e. The zero-order valence-electron chi connectivity index (χ0n) is 15.7. The molecule has 5 heteroatoms. The van der Waals surface area contributed by atoms with Crippen molar-refractivity contribution < 1.29 is 19.3 Å². The third-order valence-corrected chi connectivity index (χ3v) is 5.52. The molecule has 1 fully saturated rings. The highest BCUT2D eigenvalue weighted by molar-refractivity contribution is 6.31. The van der Waals surface area contributed by atoms with Crippen molar-refractivity contribution in [3.63, 3.8) is 0 Å². The van der Waals surface area contributed by atoms with Gasteiger partial charge in [-0.3, -0.25) is 0 Å². The quantitative estimate of drug-likeness (QED) is 0.770. The van der Waals surface area contributed by atoms with Gasteiger partial charge in [-0.15, -0.1) is 0 Å². The number of aliphatic hydroxyl groups excluding tert-OH is 2. The first kappa shape index (κ1) is 20.3. The van der Waals surface area contributed by atoms with Crippen molar-refractivity contribution in [1.29, 1.82) is 0 Å². The molecule has 1 aliphatic rings. The van der Waals surface area contributed by atoms with Gasteiger partial charge in [0.2, 0.25) is 0 Å². The maximum absolute atomic E-state index is 14.5. The first-order chi connectivity index (χ1) is 12.9. The molecule has 27 heavy (non-hydrogen) atoms. The first-order valence-electron chi connectivity index (χ1n) is 9.38. The summed E-state index contributed by atoms with van der Waals surface area (Å²) in [6.45, 7) is 3.95. The monoisotopic (exact) mass is 392 g/mol. The van der Waals surface area contributed by atoms with E-state index in [0.717, 1.165) is 16.7 Å². The Hall–Kier alpha value is -1.46. The summed E-state index contributed by atoms with van der Waals surface area (Å²) >= 11 is 6.35. The molecule has 3 atom stereocenters. The number of hydrogen-bond acceptors (Lipinski definition) is 3. The molecular weight excluding hydrogens is 367 g/mol. The van der Waals surface area contributed by atoms with Gasteiger partial charge < -0.3 is 14.9 Å². The van der Waals surface area contributed by atoms with Crippen LogP contribution < -0.4 is 0 Å². The van der Waals surface area contributed by atoms with Gasteiger partial charge >= 0.3 is 0 Å². The van der Waals surface area contributed by atoms with E-state index in [1.807, 2.05) is 38.1 Å². The number of hydrogen-bond donors (Lipinski definition) is 2. The van der Waals surface area contributed by atoms with Crippen LogP contribution in [0.5, 0.6) is 0 Å². The van der Waals surface area contributed by atoms with Gasteiger partial charge in [0, 0.05) is 24.3 Å². The summed E-state index contributed by atoms with van der Waals surface area (Å²) in [5.74, 6) is 0.0437. The van der Waals surface area contributed by atoms with Crippen molar-refractivity contribution in [2.45, 2.75) is 57.3 Å². The number of aliphatic hydroxyl groups is 2. The van der Waals surface area contributed by atoms with E-state index in [-0.39, 0.29) is 30.5 Å². The molecule has 0 amide bonds. The van der Waals surface area contributed by atoms with Crippen molar-refractivity contribution in [2.24, 2.45) is 0 Å². The molecule has 1 heterocycles. The lowest BCUT2D eigenvalue weighted by Gasteiger charge is -2.32. The van der Waals surface area contributed by atoms with E-state index in [4.69, 9.17) is 16.3 Å². The fraction of sp³-hybridized carbons (Fsp3) is 0.455. The van der Waals surface area contributed by atoms with E-state index in [1.165, 1.54) is 0 Å². The lowest BCUT2D eigenvalue weighted by Crippen LogP contribution is -2.33. The van der Waals surface area contributed by atoms with Gasteiger partial charge in [0.15, 0.2) is 0 Å². The third kappa shape index (κ3) is 4.88. The van der Waals surface area contributed by atoms with Gasteiger partial charge in [0.05, 0.1) is 24.9 Å². The van der Waals surface area contributed by atoms with E-state index in [9.17, 15) is 14.6 Å². The highest BCUT2D eigenvalue weighted by Gasteiger charge is 2.29. The average molecular weight is 393 g/mol. The van der Waals surface area contributed by atoms with Crippen molar-refractivity contribution in [2.75, 3.05) is 6.61 Å². The number of benzene rings is 2. The molecule has 2 unspecified atom stereocenters. The average Bonchev–Trinajstić information content (AvgIpc) is 2.64. The zero-order chi connectivity index (χ0) is 19.6. The van der Waals surface area contributed by atoms with Gasteiger partial charge in [-0.25, -0.2) is 4.39 Å². The van der Waals surface area contributed by atoms with Crippen LogP contribution >= 0.6 is 11.6 Å². The molecule has 3 rings (SSSR count). The second-order valence-corrected chi connectivity index (χ2v) is 7.99. The normalized spacial score (nSPS) is 23.0. The Morgan fingerprint density at radius 1 is 1.15 bits per heavy atom. The molecule has 1 saturated heterocycles. The summed E-state index contributed by atoms with van der Waals surface area (Å²) in [4.78, 5) is 0.